The predicted octanol–water partition coefficient (Wildman–Crippen LogP) is 2.63. The number of hydrogen-bond acceptors (Lipinski definition) is 6. The fraction of sp³-hybridized carbons (Fsp3) is 0.526. The molecule has 0 radical (unpaired) electrons. The van der Waals surface area contributed by atoms with Crippen LogP contribution in [0.25, 0.3) is 0 Å². The highest BCUT2D eigenvalue weighted by Crippen LogP contribution is 2.36. The highest BCUT2D eigenvalue weighted by molar-refractivity contribution is 5.91. The van der Waals surface area contributed by atoms with Gasteiger partial charge in [-0.25, -0.2) is 4.79 Å². The fourth-order valence-corrected chi connectivity index (χ4v) is 3.34. The van der Waals surface area contributed by atoms with E-state index in [-0.39, 0.29) is 5.97 Å². The molecule has 0 aromatic carbocycles. The zero-order valence-corrected chi connectivity index (χ0v) is 15.0. The Kier molecular flexibility index (Phi) is 5.82. The summed E-state index contributed by atoms with van der Waals surface area (Å²) in [6.45, 7) is 10.3. The van der Waals surface area contributed by atoms with E-state index >= 15 is 0 Å². The van der Waals surface area contributed by atoms with Gasteiger partial charge in [-0.15, -0.1) is 0 Å². The first kappa shape index (κ1) is 19.0. The van der Waals surface area contributed by atoms with Crippen molar-refractivity contribution in [2.75, 3.05) is 0 Å². The van der Waals surface area contributed by atoms with Crippen molar-refractivity contribution in [2.45, 2.75) is 58.8 Å². The van der Waals surface area contributed by atoms with E-state index in [2.05, 4.69) is 6.58 Å². The minimum absolute atomic E-state index is 0.310. The van der Waals surface area contributed by atoms with E-state index in [0.717, 1.165) is 11.1 Å². The van der Waals surface area contributed by atoms with Crippen LogP contribution in [-0.4, -0.2) is 36.2 Å². The summed E-state index contributed by atoms with van der Waals surface area (Å²) in [6.07, 6.45) is 3.06. The lowest BCUT2D eigenvalue weighted by Crippen LogP contribution is -2.33. The van der Waals surface area contributed by atoms with Crippen molar-refractivity contribution in [2.24, 2.45) is 5.92 Å². The number of fused-ring (bicyclic) bond motifs is 1. The average molecular weight is 348 g/mol. The van der Waals surface area contributed by atoms with Gasteiger partial charge in [0, 0.05) is 32.3 Å². The second-order valence-corrected chi connectivity index (χ2v) is 6.65. The first-order valence-corrected chi connectivity index (χ1v) is 8.26. The molecule has 1 fully saturated rings. The summed E-state index contributed by atoms with van der Waals surface area (Å²) in [7, 11) is 0. The lowest BCUT2D eigenvalue weighted by Gasteiger charge is -2.27. The standard InChI is InChI=1S/C19H24O6/c1-10-6-15(23-13(4)20)7-11(2)9-17-18(12(3)19(22)25-17)16(8-10)24-14(5)21/h7-8,15-18H,3,6,9H2,1-2,4-5H3. The summed E-state index contributed by atoms with van der Waals surface area (Å²) < 4.78 is 16.2. The molecule has 1 aliphatic carbocycles. The van der Waals surface area contributed by atoms with Gasteiger partial charge in [-0.3, -0.25) is 9.59 Å². The SMILES string of the molecule is C=C1C(=O)OC2CC(C)=CC(OC(C)=O)CC(C)=CC(OC(C)=O)C12. The van der Waals surface area contributed by atoms with Gasteiger partial charge in [0.15, 0.2) is 0 Å². The van der Waals surface area contributed by atoms with Gasteiger partial charge < -0.3 is 14.2 Å². The maximum absolute atomic E-state index is 12.0. The Morgan fingerprint density at radius 1 is 1.08 bits per heavy atom. The highest BCUT2D eigenvalue weighted by Gasteiger charge is 2.44. The number of carbonyl (C=O) groups is 3. The summed E-state index contributed by atoms with van der Waals surface area (Å²) in [5.74, 6) is -1.71. The van der Waals surface area contributed by atoms with Crippen LogP contribution in [0.1, 0.15) is 40.5 Å². The molecule has 136 valence electrons. The van der Waals surface area contributed by atoms with Crippen molar-refractivity contribution >= 4 is 17.9 Å². The quantitative estimate of drug-likeness (QED) is 0.330. The summed E-state index contributed by atoms with van der Waals surface area (Å²) in [5, 5.41) is 0. The van der Waals surface area contributed by atoms with Gasteiger partial charge in [-0.05, 0) is 26.0 Å². The second kappa shape index (κ2) is 7.68. The first-order chi connectivity index (χ1) is 11.7. The Labute approximate surface area is 147 Å². The van der Waals surface area contributed by atoms with Crippen molar-refractivity contribution in [1.29, 1.82) is 0 Å². The molecule has 2 aliphatic rings. The summed E-state index contributed by atoms with van der Waals surface area (Å²) in [5.41, 5.74) is 2.12. The summed E-state index contributed by atoms with van der Waals surface area (Å²) in [4.78, 5) is 34.9. The molecule has 6 nitrogen and oxygen atoms in total. The third-order valence-corrected chi connectivity index (χ3v) is 4.26. The van der Waals surface area contributed by atoms with E-state index < -0.39 is 36.2 Å². The molecule has 0 spiro atoms. The number of ether oxygens (including phenoxy) is 3. The van der Waals surface area contributed by atoms with Crippen LogP contribution in [-0.2, 0) is 28.6 Å². The molecule has 4 atom stereocenters. The van der Waals surface area contributed by atoms with Gasteiger partial charge in [-0.2, -0.15) is 0 Å². The third-order valence-electron chi connectivity index (χ3n) is 4.26. The van der Waals surface area contributed by atoms with E-state index in [0.29, 0.717) is 18.4 Å². The molecule has 4 unspecified atom stereocenters. The second-order valence-electron chi connectivity index (χ2n) is 6.65. The van der Waals surface area contributed by atoms with E-state index in [4.69, 9.17) is 14.2 Å². The molecule has 6 heteroatoms. The molecule has 25 heavy (non-hydrogen) atoms. The van der Waals surface area contributed by atoms with Crippen LogP contribution in [0.15, 0.2) is 35.5 Å². The van der Waals surface area contributed by atoms with Gasteiger partial charge in [-0.1, -0.05) is 17.7 Å². The van der Waals surface area contributed by atoms with E-state index in [9.17, 15) is 14.4 Å². The maximum Gasteiger partial charge on any atom is 0.334 e. The van der Waals surface area contributed by atoms with E-state index in [1.54, 1.807) is 6.08 Å². The lowest BCUT2D eigenvalue weighted by molar-refractivity contribution is -0.147. The highest BCUT2D eigenvalue weighted by atomic mass is 16.6. The van der Waals surface area contributed by atoms with E-state index in [1.165, 1.54) is 13.8 Å². The average Bonchev–Trinajstić information content (AvgIpc) is 2.70. The minimum Gasteiger partial charge on any atom is -0.458 e. The van der Waals surface area contributed by atoms with Gasteiger partial charge in [0.1, 0.15) is 18.3 Å². The van der Waals surface area contributed by atoms with Crippen molar-refractivity contribution in [1.82, 2.24) is 0 Å². The Morgan fingerprint density at radius 3 is 2.28 bits per heavy atom. The van der Waals surface area contributed by atoms with Gasteiger partial charge in [0.25, 0.3) is 0 Å². The van der Waals surface area contributed by atoms with Crippen molar-refractivity contribution in [3.8, 4) is 0 Å². The van der Waals surface area contributed by atoms with Crippen molar-refractivity contribution < 1.29 is 28.6 Å². The number of carbonyl (C=O) groups excluding carboxylic acids is 3. The largest absolute Gasteiger partial charge is 0.458 e. The Balaban J connectivity index is 2.42. The van der Waals surface area contributed by atoms with Gasteiger partial charge in [0.05, 0.1) is 5.92 Å². The molecule has 0 N–H and O–H groups in total. The maximum atomic E-state index is 12.0. The summed E-state index contributed by atoms with van der Waals surface area (Å²) >= 11 is 0. The minimum atomic E-state index is -0.648. The molecule has 1 heterocycles. The zero-order chi connectivity index (χ0) is 18.7. The molecule has 2 rings (SSSR count). The van der Waals surface area contributed by atoms with E-state index in [1.807, 2.05) is 19.9 Å². The Morgan fingerprint density at radius 2 is 1.68 bits per heavy atom. The fourth-order valence-electron chi connectivity index (χ4n) is 3.34. The van der Waals surface area contributed by atoms with Crippen LogP contribution in [0.3, 0.4) is 0 Å². The molecule has 0 amide bonds. The van der Waals surface area contributed by atoms with Crippen molar-refractivity contribution in [3.05, 3.63) is 35.5 Å². The molecule has 0 bridgehead atoms. The van der Waals surface area contributed by atoms with Gasteiger partial charge in [0.2, 0.25) is 0 Å². The normalized spacial score (nSPS) is 29.8. The van der Waals surface area contributed by atoms with Crippen LogP contribution in [0.2, 0.25) is 0 Å². The van der Waals surface area contributed by atoms with Crippen molar-refractivity contribution in [3.63, 3.8) is 0 Å². The van der Waals surface area contributed by atoms with Crippen LogP contribution >= 0.6 is 0 Å². The number of rotatable bonds is 2. The monoisotopic (exact) mass is 348 g/mol. The molecule has 1 aliphatic heterocycles. The zero-order valence-electron chi connectivity index (χ0n) is 15.0. The Hall–Kier alpha value is -2.37. The smallest absolute Gasteiger partial charge is 0.334 e. The van der Waals surface area contributed by atoms with Crippen LogP contribution in [0, 0.1) is 5.92 Å². The molecule has 0 aromatic rings. The van der Waals surface area contributed by atoms with Crippen LogP contribution < -0.4 is 0 Å². The van der Waals surface area contributed by atoms with Crippen LogP contribution in [0.4, 0.5) is 0 Å². The third kappa shape index (κ3) is 4.81. The summed E-state index contributed by atoms with van der Waals surface area (Å²) in [6, 6.07) is 0. The number of hydrogen-bond donors (Lipinski definition) is 0. The van der Waals surface area contributed by atoms with Crippen LogP contribution in [0.5, 0.6) is 0 Å². The molecular formula is C19H24O6. The van der Waals surface area contributed by atoms with Gasteiger partial charge >= 0.3 is 17.9 Å². The molecule has 0 aromatic heterocycles. The lowest BCUT2D eigenvalue weighted by atomic mass is 9.85. The molecular weight excluding hydrogens is 324 g/mol. The Bertz CT molecular complexity index is 657. The number of esters is 3. The topological polar surface area (TPSA) is 78.9 Å². The molecule has 0 saturated carbocycles. The first-order valence-electron chi connectivity index (χ1n) is 8.26. The molecule has 1 saturated heterocycles. The predicted molar refractivity (Wildman–Crippen MR) is 90.4 cm³/mol.